The van der Waals surface area contributed by atoms with Crippen LogP contribution < -0.4 is 5.32 Å². The smallest absolute Gasteiger partial charge is 0.313 e. The lowest BCUT2D eigenvalue weighted by Gasteiger charge is -2.02. The first-order valence-electron chi connectivity index (χ1n) is 5.88. The van der Waals surface area contributed by atoms with Crippen LogP contribution in [0.2, 0.25) is 0 Å². The highest BCUT2D eigenvalue weighted by molar-refractivity contribution is 8.01. The third kappa shape index (κ3) is 3.48. The summed E-state index contributed by atoms with van der Waals surface area (Å²) >= 11 is 2.52. The van der Waals surface area contributed by atoms with Crippen molar-refractivity contribution in [2.45, 2.75) is 24.7 Å². The molecule has 2 N–H and O–H groups in total. The molecule has 0 aromatic carbocycles. The first-order valence-corrected chi connectivity index (χ1v) is 7.68. The van der Waals surface area contributed by atoms with E-state index in [0.29, 0.717) is 16.0 Å². The number of hydrogen-bond acceptors (Lipinski definition) is 7. The molecule has 0 saturated heterocycles. The summed E-state index contributed by atoms with van der Waals surface area (Å²) in [6, 6.07) is 0. The van der Waals surface area contributed by atoms with Gasteiger partial charge < -0.3 is 10.4 Å². The zero-order valence-electron chi connectivity index (χ0n) is 11.4. The third-order valence-electron chi connectivity index (χ3n) is 2.80. The molecular weight excluding hydrogens is 298 g/mol. The van der Waals surface area contributed by atoms with Crippen LogP contribution in [0.1, 0.15) is 17.0 Å². The van der Waals surface area contributed by atoms with E-state index in [1.165, 1.54) is 23.1 Å². The number of carboxylic acids is 1. The molecule has 0 saturated carbocycles. The van der Waals surface area contributed by atoms with Gasteiger partial charge in [-0.1, -0.05) is 23.1 Å². The van der Waals surface area contributed by atoms with Gasteiger partial charge in [0.25, 0.3) is 0 Å². The second kappa shape index (κ2) is 6.23. The number of carboxylic acid groups (broad SMARTS) is 1. The average molecular weight is 313 g/mol. The Labute approximate surface area is 124 Å². The molecule has 7 nitrogen and oxygen atoms in total. The van der Waals surface area contributed by atoms with Crippen LogP contribution in [0.25, 0.3) is 0 Å². The maximum absolute atomic E-state index is 10.5. The SMILES string of the molecule is Cc1nn(C)c(C)c1CNc1nnc(SCC(=O)O)s1. The highest BCUT2D eigenvalue weighted by atomic mass is 32.2. The van der Waals surface area contributed by atoms with Crippen molar-refractivity contribution in [1.29, 1.82) is 0 Å². The van der Waals surface area contributed by atoms with Crippen molar-refractivity contribution < 1.29 is 9.90 Å². The summed E-state index contributed by atoms with van der Waals surface area (Å²) in [4.78, 5) is 10.5. The van der Waals surface area contributed by atoms with Gasteiger partial charge in [0.2, 0.25) is 5.13 Å². The fourth-order valence-corrected chi connectivity index (χ4v) is 3.17. The van der Waals surface area contributed by atoms with E-state index in [1.807, 2.05) is 25.6 Å². The molecule has 0 bridgehead atoms. The van der Waals surface area contributed by atoms with E-state index >= 15 is 0 Å². The zero-order valence-corrected chi connectivity index (χ0v) is 13.0. The molecule has 9 heteroatoms. The predicted octanol–water partition coefficient (Wildman–Crippen LogP) is 1.68. The van der Waals surface area contributed by atoms with Crippen LogP contribution >= 0.6 is 23.1 Å². The molecule has 2 rings (SSSR count). The molecule has 0 aliphatic rings. The minimum absolute atomic E-state index is 0.00451. The van der Waals surface area contributed by atoms with E-state index in [4.69, 9.17) is 5.11 Å². The number of anilines is 1. The Kier molecular flexibility index (Phi) is 4.61. The molecule has 2 aromatic rings. The number of aryl methyl sites for hydroxylation is 2. The van der Waals surface area contributed by atoms with Crippen LogP contribution in [0.5, 0.6) is 0 Å². The molecule has 0 amide bonds. The van der Waals surface area contributed by atoms with Gasteiger partial charge in [-0.3, -0.25) is 9.48 Å². The maximum atomic E-state index is 10.5. The predicted molar refractivity (Wildman–Crippen MR) is 78.3 cm³/mol. The van der Waals surface area contributed by atoms with Crippen molar-refractivity contribution in [2.24, 2.45) is 7.05 Å². The molecule has 0 radical (unpaired) electrons. The topological polar surface area (TPSA) is 92.9 Å². The number of rotatable bonds is 6. The van der Waals surface area contributed by atoms with Crippen molar-refractivity contribution in [3.05, 3.63) is 17.0 Å². The summed E-state index contributed by atoms with van der Waals surface area (Å²) < 4.78 is 2.50. The van der Waals surface area contributed by atoms with Gasteiger partial charge in [0.05, 0.1) is 11.4 Å². The maximum Gasteiger partial charge on any atom is 0.313 e. The Hall–Kier alpha value is -1.61. The normalized spacial score (nSPS) is 10.8. The van der Waals surface area contributed by atoms with Crippen LogP contribution in [0.4, 0.5) is 5.13 Å². The van der Waals surface area contributed by atoms with Gasteiger partial charge in [-0.25, -0.2) is 0 Å². The van der Waals surface area contributed by atoms with Crippen LogP contribution in [0, 0.1) is 13.8 Å². The minimum Gasteiger partial charge on any atom is -0.481 e. The van der Waals surface area contributed by atoms with Crippen molar-refractivity contribution in [1.82, 2.24) is 20.0 Å². The molecule has 20 heavy (non-hydrogen) atoms. The van der Waals surface area contributed by atoms with E-state index in [1.54, 1.807) is 0 Å². The monoisotopic (exact) mass is 313 g/mol. The second-order valence-electron chi connectivity index (χ2n) is 4.18. The highest BCUT2D eigenvalue weighted by Gasteiger charge is 2.11. The van der Waals surface area contributed by atoms with Gasteiger partial charge in [-0.2, -0.15) is 5.10 Å². The summed E-state index contributed by atoms with van der Waals surface area (Å²) in [7, 11) is 1.91. The lowest BCUT2D eigenvalue weighted by molar-refractivity contribution is -0.133. The summed E-state index contributed by atoms with van der Waals surface area (Å²) in [6.07, 6.45) is 0. The molecule has 0 spiro atoms. The van der Waals surface area contributed by atoms with Gasteiger partial charge in [0.1, 0.15) is 0 Å². The van der Waals surface area contributed by atoms with Crippen molar-refractivity contribution in [3.8, 4) is 0 Å². The second-order valence-corrected chi connectivity index (χ2v) is 6.38. The Morgan fingerprint density at radius 3 is 2.80 bits per heavy atom. The molecule has 0 atom stereocenters. The Morgan fingerprint density at radius 1 is 1.45 bits per heavy atom. The van der Waals surface area contributed by atoms with Crippen LogP contribution in [0.15, 0.2) is 4.34 Å². The molecule has 0 aliphatic carbocycles. The van der Waals surface area contributed by atoms with Crippen molar-refractivity contribution in [3.63, 3.8) is 0 Å². The molecular formula is C11H15N5O2S2. The minimum atomic E-state index is -0.860. The van der Waals surface area contributed by atoms with E-state index < -0.39 is 5.97 Å². The number of carbonyl (C=O) groups is 1. The lowest BCUT2D eigenvalue weighted by Crippen LogP contribution is -2.02. The first-order chi connectivity index (χ1) is 9.47. The fourth-order valence-electron chi connectivity index (χ4n) is 1.70. The summed E-state index contributed by atoms with van der Waals surface area (Å²) in [6.45, 7) is 4.62. The summed E-state index contributed by atoms with van der Waals surface area (Å²) in [5.41, 5.74) is 3.24. The molecule has 2 aromatic heterocycles. The third-order valence-corrected chi connectivity index (χ3v) is 4.80. The number of hydrogen-bond donors (Lipinski definition) is 2. The zero-order chi connectivity index (χ0) is 14.7. The Morgan fingerprint density at radius 2 is 2.20 bits per heavy atom. The summed E-state index contributed by atoms with van der Waals surface area (Å²) in [5.74, 6) is -0.864. The fraction of sp³-hybridized carbons (Fsp3) is 0.455. The van der Waals surface area contributed by atoms with Gasteiger partial charge >= 0.3 is 5.97 Å². The number of thioether (sulfide) groups is 1. The molecule has 0 aliphatic heterocycles. The molecule has 108 valence electrons. The largest absolute Gasteiger partial charge is 0.481 e. The van der Waals surface area contributed by atoms with E-state index in [9.17, 15) is 4.79 Å². The van der Waals surface area contributed by atoms with Crippen molar-refractivity contribution in [2.75, 3.05) is 11.1 Å². The van der Waals surface area contributed by atoms with Crippen LogP contribution in [-0.4, -0.2) is 36.8 Å². The van der Waals surface area contributed by atoms with Gasteiger partial charge in [-0.05, 0) is 13.8 Å². The van der Waals surface area contributed by atoms with Gasteiger partial charge in [-0.15, -0.1) is 10.2 Å². The standard InChI is InChI=1S/C11H15N5O2S2/c1-6-8(7(2)16(3)15-6)4-12-10-13-14-11(20-10)19-5-9(17)18/h4-5H2,1-3H3,(H,12,13)(H,17,18). The number of nitrogens with zero attached hydrogens (tertiary/aromatic N) is 4. The quantitative estimate of drug-likeness (QED) is 0.784. The summed E-state index contributed by atoms with van der Waals surface area (Å²) in [5, 5.41) is 24.8. The molecule has 0 unspecified atom stereocenters. The van der Waals surface area contributed by atoms with Gasteiger partial charge in [0.15, 0.2) is 4.34 Å². The number of aliphatic carboxylic acids is 1. The lowest BCUT2D eigenvalue weighted by atomic mass is 10.2. The number of aromatic nitrogens is 4. The van der Waals surface area contributed by atoms with Crippen LogP contribution in [-0.2, 0) is 18.4 Å². The Balaban J connectivity index is 1.95. The van der Waals surface area contributed by atoms with E-state index in [-0.39, 0.29) is 5.75 Å². The first kappa shape index (κ1) is 14.8. The van der Waals surface area contributed by atoms with Gasteiger partial charge in [0, 0.05) is 24.8 Å². The van der Waals surface area contributed by atoms with Crippen molar-refractivity contribution >= 4 is 34.2 Å². The van der Waals surface area contributed by atoms with E-state index in [0.717, 1.165) is 17.0 Å². The Bertz CT molecular complexity index is 622. The van der Waals surface area contributed by atoms with E-state index in [2.05, 4.69) is 20.6 Å². The highest BCUT2D eigenvalue weighted by Crippen LogP contribution is 2.26. The van der Waals surface area contributed by atoms with Crippen LogP contribution in [0.3, 0.4) is 0 Å². The number of nitrogens with one attached hydrogen (secondary N) is 1. The molecule has 0 fully saturated rings. The average Bonchev–Trinajstić information content (AvgIpc) is 2.92. The molecule has 2 heterocycles.